The van der Waals surface area contributed by atoms with Crippen molar-refractivity contribution in [1.29, 1.82) is 0 Å². The largest absolute Gasteiger partial charge is 0.277 e. The third-order valence-corrected chi connectivity index (χ3v) is 2.27. The van der Waals surface area contributed by atoms with Gasteiger partial charge in [0, 0.05) is 5.75 Å². The van der Waals surface area contributed by atoms with Crippen molar-refractivity contribution >= 4 is 11.8 Å². The maximum absolute atomic E-state index is 3.27. The third kappa shape index (κ3) is 0.259. The molecule has 3 heteroatoms. The van der Waals surface area contributed by atoms with Gasteiger partial charge in [0.1, 0.15) is 5.50 Å². The number of nitrogens with one attached hydrogen (secondary N) is 2. The first-order valence-corrected chi connectivity index (χ1v) is 3.14. The van der Waals surface area contributed by atoms with Crippen LogP contribution in [0.5, 0.6) is 0 Å². The van der Waals surface area contributed by atoms with Crippen LogP contribution in [0.25, 0.3) is 0 Å². The maximum atomic E-state index is 3.27. The highest BCUT2D eigenvalue weighted by Gasteiger charge is 2.34. The van der Waals surface area contributed by atoms with E-state index in [1.165, 1.54) is 5.75 Å². The number of fused-ring (bicyclic) bond motifs is 1. The molecular weight excluding hydrogens is 96.1 g/mol. The minimum atomic E-state index is 0.606. The van der Waals surface area contributed by atoms with E-state index in [-0.39, 0.29) is 0 Å². The van der Waals surface area contributed by atoms with E-state index in [0.717, 1.165) is 0 Å². The summed E-state index contributed by atoms with van der Waals surface area (Å²) in [5.74, 6) is 1.25. The van der Waals surface area contributed by atoms with E-state index in [4.69, 9.17) is 0 Å². The Balaban J connectivity index is 2.16. The molecule has 0 aromatic carbocycles. The van der Waals surface area contributed by atoms with Crippen molar-refractivity contribution in [1.82, 2.24) is 10.6 Å². The zero-order chi connectivity index (χ0) is 3.98. The van der Waals surface area contributed by atoms with Gasteiger partial charge in [-0.25, -0.2) is 0 Å². The van der Waals surface area contributed by atoms with Gasteiger partial charge in [0.2, 0.25) is 0 Å². The average molecular weight is 102 g/mol. The molecule has 0 aromatic heterocycles. The van der Waals surface area contributed by atoms with Gasteiger partial charge in [0.05, 0.1) is 6.17 Å². The van der Waals surface area contributed by atoms with Gasteiger partial charge in [-0.15, -0.1) is 11.8 Å². The van der Waals surface area contributed by atoms with Gasteiger partial charge in [-0.3, -0.25) is 10.6 Å². The molecular formula is C3H6N2S. The summed E-state index contributed by atoms with van der Waals surface area (Å²) in [4.78, 5) is 0. The van der Waals surface area contributed by atoms with Gasteiger partial charge in [-0.2, -0.15) is 0 Å². The van der Waals surface area contributed by atoms with Gasteiger partial charge in [0.15, 0.2) is 0 Å². The highest BCUT2D eigenvalue weighted by molar-refractivity contribution is 8.00. The third-order valence-electron chi connectivity index (χ3n) is 1.13. The lowest BCUT2D eigenvalue weighted by atomic mass is 10.5. The van der Waals surface area contributed by atoms with Crippen LogP contribution >= 0.6 is 11.8 Å². The van der Waals surface area contributed by atoms with E-state index < -0.39 is 0 Å². The van der Waals surface area contributed by atoms with Crippen LogP contribution in [0.1, 0.15) is 0 Å². The summed E-state index contributed by atoms with van der Waals surface area (Å²) in [6, 6.07) is 0. The van der Waals surface area contributed by atoms with Crippen molar-refractivity contribution in [3.8, 4) is 0 Å². The van der Waals surface area contributed by atoms with Crippen LogP contribution in [0.15, 0.2) is 0 Å². The smallest absolute Gasteiger partial charge is 0.108 e. The summed E-state index contributed by atoms with van der Waals surface area (Å²) < 4.78 is 0. The molecule has 3 fully saturated rings. The lowest BCUT2D eigenvalue weighted by Gasteiger charge is -2.25. The fourth-order valence-corrected chi connectivity index (χ4v) is 1.85. The molecule has 3 saturated heterocycles. The minimum absolute atomic E-state index is 0.606. The zero-order valence-corrected chi connectivity index (χ0v) is 4.09. The Labute approximate surface area is 40.7 Å². The first kappa shape index (κ1) is 3.29. The van der Waals surface area contributed by atoms with Crippen LogP contribution in [-0.4, -0.2) is 17.4 Å². The van der Waals surface area contributed by atoms with E-state index in [9.17, 15) is 0 Å². The second-order valence-electron chi connectivity index (χ2n) is 1.60. The maximum Gasteiger partial charge on any atom is 0.108 e. The number of rotatable bonds is 0. The Morgan fingerprint density at radius 2 is 2.33 bits per heavy atom. The van der Waals surface area contributed by atoms with Crippen molar-refractivity contribution in [3.05, 3.63) is 0 Å². The molecule has 0 aliphatic carbocycles. The zero-order valence-electron chi connectivity index (χ0n) is 3.27. The fraction of sp³-hybridized carbons (Fsp3) is 1.00. The topological polar surface area (TPSA) is 24.1 Å². The average Bonchev–Trinajstić information content (AvgIpc) is 1.72. The molecule has 2 bridgehead atoms. The second kappa shape index (κ2) is 0.911. The summed E-state index contributed by atoms with van der Waals surface area (Å²) in [5, 5.41) is 6.54. The van der Waals surface area contributed by atoms with Gasteiger partial charge >= 0.3 is 0 Å². The Morgan fingerprint density at radius 3 is 2.50 bits per heavy atom. The van der Waals surface area contributed by atoms with Crippen LogP contribution in [0.2, 0.25) is 0 Å². The molecule has 3 aliphatic rings. The molecule has 2 N–H and O–H groups in total. The predicted molar refractivity (Wildman–Crippen MR) is 26.3 cm³/mol. The van der Waals surface area contributed by atoms with E-state index in [0.29, 0.717) is 11.7 Å². The molecule has 3 rings (SSSR count). The standard InChI is InChI=1S/C3H6N2S/c1-2-4-3(5-2)6-1/h2-5H,1H2. The molecule has 6 heavy (non-hydrogen) atoms. The van der Waals surface area contributed by atoms with Gasteiger partial charge in [0.25, 0.3) is 0 Å². The molecule has 3 heterocycles. The lowest BCUT2D eigenvalue weighted by Crippen LogP contribution is -2.60. The van der Waals surface area contributed by atoms with E-state index in [1.807, 2.05) is 11.8 Å². The molecule has 0 unspecified atom stereocenters. The Kier molecular flexibility index (Phi) is 0.500. The summed E-state index contributed by atoms with van der Waals surface area (Å²) in [7, 11) is 0. The molecule has 3 aliphatic heterocycles. The summed E-state index contributed by atoms with van der Waals surface area (Å²) in [6.45, 7) is 0. The second-order valence-corrected chi connectivity index (χ2v) is 2.74. The van der Waals surface area contributed by atoms with Crippen molar-refractivity contribution in [3.63, 3.8) is 0 Å². The molecule has 0 saturated carbocycles. The fourth-order valence-electron chi connectivity index (χ4n) is 0.750. The van der Waals surface area contributed by atoms with Gasteiger partial charge in [-0.1, -0.05) is 0 Å². The Bertz CT molecular complexity index is 55.7. The molecule has 0 radical (unpaired) electrons. The first-order valence-electron chi connectivity index (χ1n) is 2.09. The highest BCUT2D eigenvalue weighted by atomic mass is 32.2. The van der Waals surface area contributed by atoms with Crippen LogP contribution in [0.4, 0.5) is 0 Å². The minimum Gasteiger partial charge on any atom is -0.277 e. The normalized spacial score (nSPS) is 52.0. The number of hydrogen-bond acceptors (Lipinski definition) is 3. The lowest BCUT2D eigenvalue weighted by molar-refractivity contribution is 0.326. The van der Waals surface area contributed by atoms with Crippen molar-refractivity contribution in [2.45, 2.75) is 11.7 Å². The van der Waals surface area contributed by atoms with Gasteiger partial charge in [-0.05, 0) is 0 Å². The monoisotopic (exact) mass is 102 g/mol. The molecule has 0 aromatic rings. The quantitative estimate of drug-likeness (QED) is 0.432. The molecule has 2 nitrogen and oxygen atoms in total. The summed E-state index contributed by atoms with van der Waals surface area (Å²) in [5.41, 5.74) is 0.606. The summed E-state index contributed by atoms with van der Waals surface area (Å²) >= 11 is 1.95. The number of hydrogen-bond donors (Lipinski definition) is 2. The molecule has 34 valence electrons. The van der Waals surface area contributed by atoms with Crippen LogP contribution in [-0.2, 0) is 0 Å². The van der Waals surface area contributed by atoms with Crippen molar-refractivity contribution in [2.75, 3.05) is 5.75 Å². The van der Waals surface area contributed by atoms with E-state index >= 15 is 0 Å². The number of thioether (sulfide) groups is 1. The predicted octanol–water partition coefficient (Wildman–Crippen LogP) is -0.464. The summed E-state index contributed by atoms with van der Waals surface area (Å²) in [6.07, 6.45) is 0.653. The van der Waals surface area contributed by atoms with Crippen LogP contribution in [0.3, 0.4) is 0 Å². The van der Waals surface area contributed by atoms with E-state index in [2.05, 4.69) is 10.6 Å². The molecule has 0 spiro atoms. The van der Waals surface area contributed by atoms with Crippen LogP contribution in [0, 0.1) is 0 Å². The Hall–Kier alpha value is 0.270. The van der Waals surface area contributed by atoms with E-state index in [1.54, 1.807) is 0 Å². The van der Waals surface area contributed by atoms with Crippen molar-refractivity contribution < 1.29 is 0 Å². The van der Waals surface area contributed by atoms with Gasteiger partial charge < -0.3 is 0 Å². The highest BCUT2D eigenvalue weighted by Crippen LogP contribution is 2.23. The molecule has 0 atom stereocenters. The van der Waals surface area contributed by atoms with Crippen LogP contribution < -0.4 is 10.6 Å². The SMILES string of the molecule is C1SC2NC1N2. The molecule has 0 amide bonds. The first-order chi connectivity index (χ1) is 2.95. The Morgan fingerprint density at radius 1 is 1.50 bits per heavy atom. The van der Waals surface area contributed by atoms with Crippen molar-refractivity contribution in [2.24, 2.45) is 0 Å².